The van der Waals surface area contributed by atoms with Crippen LogP contribution in [-0.2, 0) is 38.2 Å². The predicted molar refractivity (Wildman–Crippen MR) is 276 cm³/mol. The van der Waals surface area contributed by atoms with Gasteiger partial charge in [0.05, 0.1) is 25.3 Å². The molecule has 5 unspecified atom stereocenters. The molecule has 2 amide bonds. The van der Waals surface area contributed by atoms with Gasteiger partial charge in [0.1, 0.15) is 17.3 Å². The Morgan fingerprint density at radius 2 is 0.922 bits per heavy atom. The molecule has 0 fully saturated rings. The van der Waals surface area contributed by atoms with Crippen LogP contribution in [0.1, 0.15) is 201 Å². The van der Waals surface area contributed by atoms with Crippen LogP contribution >= 0.6 is 11.8 Å². The number of hydrogen-bond acceptors (Lipinski definition) is 10. The molecule has 0 rings (SSSR count). The van der Waals surface area contributed by atoms with E-state index in [0.717, 1.165) is 50.8 Å². The van der Waals surface area contributed by atoms with Crippen LogP contribution in [0.3, 0.4) is 0 Å². The van der Waals surface area contributed by atoms with Crippen LogP contribution in [0.4, 0.5) is 0 Å². The average Bonchev–Trinajstić information content (AvgIpc) is 3.25. The second-order valence-electron chi connectivity index (χ2n) is 18.0. The van der Waals surface area contributed by atoms with Gasteiger partial charge in [0, 0.05) is 74.4 Å². The summed E-state index contributed by atoms with van der Waals surface area (Å²) in [6.07, 6.45) is 15.7. The van der Waals surface area contributed by atoms with Gasteiger partial charge in [-0.3, -0.25) is 28.8 Å². The molecule has 0 aromatic carbocycles. The number of carbonyl (C=O) groups is 6. The molecular formula is C52H107N3O8S. The lowest BCUT2D eigenvalue weighted by atomic mass is 9.98. The zero-order chi connectivity index (χ0) is 51.2. The Balaban J connectivity index is -0.000000163. The highest BCUT2D eigenvalue weighted by molar-refractivity contribution is 7.98. The lowest BCUT2D eigenvalue weighted by molar-refractivity contribution is -0.129. The van der Waals surface area contributed by atoms with Crippen LogP contribution in [0.5, 0.6) is 0 Å². The molecule has 0 aliphatic carbocycles. The third-order valence-electron chi connectivity index (χ3n) is 9.85. The van der Waals surface area contributed by atoms with E-state index in [2.05, 4.69) is 38.3 Å². The van der Waals surface area contributed by atoms with Crippen molar-refractivity contribution in [3.63, 3.8) is 0 Å². The van der Waals surface area contributed by atoms with E-state index < -0.39 is 0 Å². The fraction of sp³-hybridized carbons (Fsp3) is 0.885. The summed E-state index contributed by atoms with van der Waals surface area (Å²) in [5.41, 5.74) is 5.79. The molecule has 0 saturated heterocycles. The lowest BCUT2D eigenvalue weighted by Crippen LogP contribution is -2.42. The summed E-state index contributed by atoms with van der Waals surface area (Å²) in [6, 6.07) is -0.592. The van der Waals surface area contributed by atoms with Crippen molar-refractivity contribution in [2.75, 3.05) is 46.0 Å². The maximum absolute atomic E-state index is 11.7. The standard InChI is InChI=1S/C13H28N2O.C11H21NO2.2C8H16O2.C8H16OS.C4H10/c1-3-5-7-9-11-15-13(16)12(14)10-8-6-4-2;1-5-7-9(11(14)8(3)4)12-10(13)6-2;3*1-6(2)8(9)7(3)5-10-4;1-3-4-2/h12H,3-11,14H2,1-2H3,(H,15,16);8-9H,5-7H2,1-4H3,(H,12,13);3*6-7H,5H2,1-4H3;3-4H2,1-2H3. The van der Waals surface area contributed by atoms with Gasteiger partial charge < -0.3 is 25.8 Å². The highest BCUT2D eigenvalue weighted by atomic mass is 32.2. The third-order valence-corrected chi connectivity index (χ3v) is 10.7. The van der Waals surface area contributed by atoms with Gasteiger partial charge in [0.2, 0.25) is 11.8 Å². The number of methoxy groups -OCH3 is 2. The SMILES string of the molecule is CCCC.CCCC(NC(=O)CC)C(=O)C(C)C.CCCCCCNC(=O)C(N)CCCCC.COCC(C)C(=O)C(C)C.COCC(C)C(=O)C(C)C.CSCC(C)C(=O)C(C)C. The third kappa shape index (κ3) is 49.3. The number of unbranched alkanes of at least 4 members (excludes halogenated alkanes) is 6. The first-order valence-corrected chi connectivity index (χ1v) is 26.3. The Hall–Kier alpha value is -2.15. The van der Waals surface area contributed by atoms with Crippen molar-refractivity contribution in [3.05, 3.63) is 0 Å². The number of Topliss-reactive ketones (excluding diaryl/α,β-unsaturated/α-hetero) is 4. The van der Waals surface area contributed by atoms with Gasteiger partial charge >= 0.3 is 0 Å². The van der Waals surface area contributed by atoms with Crippen molar-refractivity contribution in [2.24, 2.45) is 47.2 Å². The predicted octanol–water partition coefficient (Wildman–Crippen LogP) is 11.5. The molecule has 0 aromatic rings. The molecule has 0 aliphatic rings. The molecular weight excluding hydrogens is 827 g/mol. The molecule has 0 saturated carbocycles. The van der Waals surface area contributed by atoms with Gasteiger partial charge in [0.15, 0.2) is 5.78 Å². The summed E-state index contributed by atoms with van der Waals surface area (Å²) in [6.45, 7) is 35.4. The fourth-order valence-corrected chi connectivity index (χ4v) is 6.28. The molecule has 0 spiro atoms. The highest BCUT2D eigenvalue weighted by Gasteiger charge is 2.21. The first kappa shape index (κ1) is 73.4. The number of hydrogen-bond donors (Lipinski definition) is 3. The van der Waals surface area contributed by atoms with E-state index >= 15 is 0 Å². The largest absolute Gasteiger partial charge is 0.384 e. The lowest BCUT2D eigenvalue weighted by Gasteiger charge is -2.18. The van der Waals surface area contributed by atoms with Crippen LogP contribution in [0.15, 0.2) is 0 Å². The number of thioether (sulfide) groups is 1. The molecule has 0 bridgehead atoms. The van der Waals surface area contributed by atoms with E-state index in [1.165, 1.54) is 38.5 Å². The van der Waals surface area contributed by atoms with Gasteiger partial charge in [-0.05, 0) is 25.5 Å². The number of nitrogens with one attached hydrogen (secondary N) is 2. The van der Waals surface area contributed by atoms with Gasteiger partial charge in [0.25, 0.3) is 0 Å². The zero-order valence-electron chi connectivity index (χ0n) is 45.5. The number of amides is 2. The molecule has 12 heteroatoms. The van der Waals surface area contributed by atoms with Gasteiger partial charge in [-0.1, -0.05) is 175 Å². The average molecular weight is 935 g/mol. The van der Waals surface area contributed by atoms with E-state index in [-0.39, 0.29) is 82.7 Å². The van der Waals surface area contributed by atoms with E-state index in [0.29, 0.717) is 25.4 Å². The Bertz CT molecular complexity index is 1050. The van der Waals surface area contributed by atoms with Gasteiger partial charge in [-0.15, -0.1) is 0 Å². The molecule has 0 heterocycles. The Morgan fingerprint density at radius 1 is 0.516 bits per heavy atom. The molecule has 0 aliphatic heterocycles. The first-order valence-electron chi connectivity index (χ1n) is 24.9. The van der Waals surface area contributed by atoms with E-state index in [4.69, 9.17) is 15.2 Å². The first-order chi connectivity index (χ1) is 29.9. The number of nitrogens with two attached hydrogens (primary N) is 1. The smallest absolute Gasteiger partial charge is 0.236 e. The normalized spacial score (nSPS) is 12.8. The highest BCUT2D eigenvalue weighted by Crippen LogP contribution is 2.11. The molecule has 384 valence electrons. The summed E-state index contributed by atoms with van der Waals surface area (Å²) in [7, 11) is 3.23. The number of carbonyl (C=O) groups excluding carboxylic acids is 6. The molecule has 11 nitrogen and oxygen atoms in total. The second kappa shape index (κ2) is 51.8. The molecule has 0 aromatic heterocycles. The minimum atomic E-state index is -0.308. The van der Waals surface area contributed by atoms with Crippen molar-refractivity contribution in [3.8, 4) is 0 Å². The van der Waals surface area contributed by atoms with Crippen molar-refractivity contribution in [2.45, 2.75) is 213 Å². The molecule has 64 heavy (non-hydrogen) atoms. The summed E-state index contributed by atoms with van der Waals surface area (Å²) >= 11 is 1.73. The fourth-order valence-electron chi connectivity index (χ4n) is 5.62. The molecule has 0 radical (unpaired) electrons. The second-order valence-corrected chi connectivity index (χ2v) is 18.9. The zero-order valence-corrected chi connectivity index (χ0v) is 46.3. The van der Waals surface area contributed by atoms with Crippen LogP contribution < -0.4 is 16.4 Å². The van der Waals surface area contributed by atoms with Crippen LogP contribution in [0, 0.1) is 41.4 Å². The van der Waals surface area contributed by atoms with Crippen molar-refractivity contribution < 1.29 is 38.2 Å². The topological polar surface area (TPSA) is 171 Å². The van der Waals surface area contributed by atoms with Crippen molar-refractivity contribution in [1.29, 1.82) is 0 Å². The monoisotopic (exact) mass is 934 g/mol. The number of ketones is 4. The van der Waals surface area contributed by atoms with Gasteiger partial charge in [-0.25, -0.2) is 0 Å². The molecule has 5 atom stereocenters. The maximum atomic E-state index is 11.7. The maximum Gasteiger partial charge on any atom is 0.236 e. The Morgan fingerprint density at radius 3 is 1.25 bits per heavy atom. The van der Waals surface area contributed by atoms with Crippen LogP contribution in [-0.4, -0.2) is 93.0 Å². The minimum Gasteiger partial charge on any atom is -0.384 e. The van der Waals surface area contributed by atoms with Crippen LogP contribution in [0.2, 0.25) is 0 Å². The number of rotatable bonds is 29. The van der Waals surface area contributed by atoms with E-state index in [9.17, 15) is 28.8 Å². The van der Waals surface area contributed by atoms with Crippen molar-refractivity contribution in [1.82, 2.24) is 10.6 Å². The quantitative estimate of drug-likeness (QED) is 0.0613. The molecule has 4 N–H and O–H groups in total. The minimum absolute atomic E-state index is 0.0105. The van der Waals surface area contributed by atoms with E-state index in [1.54, 1.807) is 32.9 Å². The van der Waals surface area contributed by atoms with Crippen LogP contribution in [0.25, 0.3) is 0 Å². The summed E-state index contributed by atoms with van der Waals surface area (Å²) in [5.74, 6) is 2.78. The Labute approximate surface area is 400 Å². The Kier molecular flexibility index (Phi) is 59.5. The van der Waals surface area contributed by atoms with Gasteiger partial charge in [-0.2, -0.15) is 11.8 Å². The summed E-state index contributed by atoms with van der Waals surface area (Å²) in [5, 5.41) is 5.66. The van der Waals surface area contributed by atoms with Crippen molar-refractivity contribution >= 4 is 46.7 Å². The summed E-state index contributed by atoms with van der Waals surface area (Å²) < 4.78 is 9.71. The number of ether oxygens (including phenoxy) is 2. The summed E-state index contributed by atoms with van der Waals surface area (Å²) in [4.78, 5) is 67.9. The van der Waals surface area contributed by atoms with E-state index in [1.807, 2.05) is 89.3 Å².